The van der Waals surface area contributed by atoms with Gasteiger partial charge in [-0.15, -0.1) is 0 Å². The molecule has 0 N–H and O–H groups in total. The molecule has 0 unspecified atom stereocenters. The molecule has 0 heterocycles. The number of ether oxygens (including phenoxy) is 2. The van der Waals surface area contributed by atoms with Gasteiger partial charge < -0.3 is 9.47 Å². The molecule has 0 spiro atoms. The smallest absolute Gasteiger partial charge is 0.161 e. The van der Waals surface area contributed by atoms with Crippen LogP contribution in [0.4, 0.5) is 0 Å². The number of hydrogen-bond acceptors (Lipinski definition) is 2. The Morgan fingerprint density at radius 2 is 0.759 bits per heavy atom. The third kappa shape index (κ3) is 6.54. The standard InChI is InChI=1S/C52H62O2/c1-3-5-7-9-11-13-15-17-19-21-27-53-44-33-40-41(34-45(44)54-28-22-20-18-16-14-12-10-8-6-4-2)43-32-39-30-37-24-23-35-29-36-25-26-38-31-42(40)51(43)52-49(38)47(36)46(35)48(37)50(39)52/h23-26,31-34H,3-22,27-30H2,1-2H3. The molecule has 3 aliphatic rings. The zero-order chi connectivity index (χ0) is 36.4. The van der Waals surface area contributed by atoms with Gasteiger partial charge in [0.05, 0.1) is 13.2 Å². The first kappa shape index (κ1) is 35.9. The summed E-state index contributed by atoms with van der Waals surface area (Å²) in [6.07, 6.45) is 28.8. The summed E-state index contributed by atoms with van der Waals surface area (Å²) in [5, 5.41) is 12.0. The van der Waals surface area contributed by atoms with E-state index in [1.165, 1.54) is 192 Å². The molecule has 0 atom stereocenters. The van der Waals surface area contributed by atoms with Crippen molar-refractivity contribution in [3.8, 4) is 33.8 Å². The van der Waals surface area contributed by atoms with E-state index in [0.717, 1.165) is 50.4 Å². The van der Waals surface area contributed by atoms with Gasteiger partial charge in [0.1, 0.15) is 0 Å². The van der Waals surface area contributed by atoms with Gasteiger partial charge in [-0.05, 0) is 138 Å². The van der Waals surface area contributed by atoms with Crippen LogP contribution < -0.4 is 9.47 Å². The van der Waals surface area contributed by atoms with Gasteiger partial charge in [0.15, 0.2) is 11.5 Å². The van der Waals surface area contributed by atoms with Crippen LogP contribution in [0.1, 0.15) is 165 Å². The van der Waals surface area contributed by atoms with Crippen molar-refractivity contribution in [1.29, 1.82) is 0 Å². The minimum Gasteiger partial charge on any atom is -0.490 e. The normalized spacial score (nSPS) is 13.4. The van der Waals surface area contributed by atoms with E-state index in [0.29, 0.717) is 0 Å². The minimum absolute atomic E-state index is 0.756. The van der Waals surface area contributed by atoms with Gasteiger partial charge in [-0.1, -0.05) is 154 Å². The summed E-state index contributed by atoms with van der Waals surface area (Å²) >= 11 is 0. The molecule has 3 aliphatic carbocycles. The summed E-state index contributed by atoms with van der Waals surface area (Å²) in [5.74, 6) is 1.87. The Kier molecular flexibility index (Phi) is 10.7. The SMILES string of the molecule is CCCCCCCCCCCCOc1cc2c(cc1OCCCCCCCCCCCC)-c1cc3ccc4c5c6c(ccc7c6c6c(cc-2c1c6c35)C7)C4. The van der Waals surface area contributed by atoms with Crippen molar-refractivity contribution in [3.05, 3.63) is 70.8 Å². The van der Waals surface area contributed by atoms with E-state index in [4.69, 9.17) is 9.47 Å². The molecular weight excluding hydrogens is 657 g/mol. The van der Waals surface area contributed by atoms with Crippen molar-refractivity contribution in [2.45, 2.75) is 155 Å². The van der Waals surface area contributed by atoms with Gasteiger partial charge in [-0.25, -0.2) is 0 Å². The summed E-state index contributed by atoms with van der Waals surface area (Å²) in [7, 11) is 0. The fraction of sp³-hybridized carbons (Fsp3) is 0.500. The summed E-state index contributed by atoms with van der Waals surface area (Å²) in [5.41, 5.74) is 11.5. The van der Waals surface area contributed by atoms with Crippen molar-refractivity contribution >= 4 is 43.1 Å². The summed E-state index contributed by atoms with van der Waals surface area (Å²) < 4.78 is 13.4. The first-order chi connectivity index (χ1) is 26.8. The maximum atomic E-state index is 6.71. The monoisotopic (exact) mass is 718 g/mol. The Balaban J connectivity index is 0.957. The topological polar surface area (TPSA) is 18.5 Å². The average Bonchev–Trinajstić information content (AvgIpc) is 3.85. The van der Waals surface area contributed by atoms with Crippen LogP contribution in [0.25, 0.3) is 65.3 Å². The molecule has 54 heavy (non-hydrogen) atoms. The third-order valence-electron chi connectivity index (χ3n) is 13.4. The molecule has 282 valence electrons. The maximum absolute atomic E-state index is 6.71. The predicted molar refractivity (Wildman–Crippen MR) is 232 cm³/mol. The highest BCUT2D eigenvalue weighted by atomic mass is 16.5. The molecule has 2 heteroatoms. The number of unbranched alkanes of at least 4 members (excludes halogenated alkanes) is 18. The second kappa shape index (κ2) is 16.1. The highest BCUT2D eigenvalue weighted by Crippen LogP contribution is 2.59. The zero-order valence-electron chi connectivity index (χ0n) is 33.4. The third-order valence-corrected chi connectivity index (χ3v) is 13.4. The van der Waals surface area contributed by atoms with Gasteiger partial charge >= 0.3 is 0 Å². The van der Waals surface area contributed by atoms with Crippen molar-refractivity contribution in [2.75, 3.05) is 13.2 Å². The van der Waals surface area contributed by atoms with Crippen LogP contribution in [0.5, 0.6) is 11.5 Å². The van der Waals surface area contributed by atoms with Gasteiger partial charge in [-0.2, -0.15) is 0 Å². The molecule has 0 fully saturated rings. The quantitative estimate of drug-likeness (QED) is 0.0352. The van der Waals surface area contributed by atoms with Gasteiger partial charge in [-0.3, -0.25) is 0 Å². The van der Waals surface area contributed by atoms with Crippen molar-refractivity contribution in [1.82, 2.24) is 0 Å². The molecule has 0 amide bonds. The molecule has 2 nitrogen and oxygen atoms in total. The van der Waals surface area contributed by atoms with Crippen molar-refractivity contribution < 1.29 is 9.47 Å². The fourth-order valence-electron chi connectivity index (χ4n) is 10.6. The van der Waals surface area contributed by atoms with Crippen LogP contribution >= 0.6 is 0 Å². The Morgan fingerprint density at radius 1 is 0.352 bits per heavy atom. The van der Waals surface area contributed by atoms with Crippen molar-refractivity contribution in [3.63, 3.8) is 0 Å². The van der Waals surface area contributed by atoms with Crippen LogP contribution in [-0.4, -0.2) is 13.2 Å². The average molecular weight is 719 g/mol. The molecular formula is C52H62O2. The molecule has 6 aromatic rings. The summed E-state index contributed by atoms with van der Waals surface area (Å²) in [6.45, 7) is 6.11. The first-order valence-corrected chi connectivity index (χ1v) is 22.4. The number of rotatable bonds is 24. The van der Waals surface area contributed by atoms with Crippen molar-refractivity contribution in [2.24, 2.45) is 0 Å². The Bertz CT molecular complexity index is 2270. The van der Waals surface area contributed by atoms with Crippen LogP contribution in [0, 0.1) is 0 Å². The maximum Gasteiger partial charge on any atom is 0.161 e. The van der Waals surface area contributed by atoms with Gasteiger partial charge in [0, 0.05) is 0 Å². The Hall–Kier alpha value is -3.78. The lowest BCUT2D eigenvalue weighted by molar-refractivity contribution is 0.258. The predicted octanol–water partition coefficient (Wildman–Crippen LogP) is 15.8. The lowest BCUT2D eigenvalue weighted by atomic mass is 9.87. The number of fused-ring (bicyclic) bond motifs is 3. The van der Waals surface area contributed by atoms with Crippen LogP contribution in [-0.2, 0) is 12.8 Å². The van der Waals surface area contributed by atoms with E-state index in [2.05, 4.69) is 62.4 Å². The van der Waals surface area contributed by atoms with Gasteiger partial charge in [0.2, 0.25) is 0 Å². The van der Waals surface area contributed by atoms with Crippen LogP contribution in [0.15, 0.2) is 48.5 Å². The highest BCUT2D eigenvalue weighted by Gasteiger charge is 2.34. The molecule has 0 saturated carbocycles. The lowest BCUT2D eigenvalue weighted by Crippen LogP contribution is -2.03. The highest BCUT2D eigenvalue weighted by molar-refractivity contribution is 6.41. The Morgan fingerprint density at radius 3 is 1.28 bits per heavy atom. The zero-order valence-corrected chi connectivity index (χ0v) is 33.4. The summed E-state index contributed by atoms with van der Waals surface area (Å²) in [6, 6.07) is 19.4. The molecule has 0 bridgehead atoms. The molecule has 6 aromatic carbocycles. The first-order valence-electron chi connectivity index (χ1n) is 22.4. The van der Waals surface area contributed by atoms with Gasteiger partial charge in [0.25, 0.3) is 0 Å². The second-order valence-electron chi connectivity index (χ2n) is 17.2. The van der Waals surface area contributed by atoms with E-state index >= 15 is 0 Å². The molecule has 0 radical (unpaired) electrons. The molecule has 9 rings (SSSR count). The second-order valence-corrected chi connectivity index (χ2v) is 17.2. The summed E-state index contributed by atoms with van der Waals surface area (Å²) in [4.78, 5) is 0. The van der Waals surface area contributed by atoms with E-state index in [1.54, 1.807) is 10.8 Å². The Labute approximate surface area is 324 Å². The fourth-order valence-corrected chi connectivity index (χ4v) is 10.6. The van der Waals surface area contributed by atoms with Crippen LogP contribution in [0.2, 0.25) is 0 Å². The molecule has 0 aliphatic heterocycles. The van der Waals surface area contributed by atoms with Crippen LogP contribution in [0.3, 0.4) is 0 Å². The van der Waals surface area contributed by atoms with E-state index in [9.17, 15) is 0 Å². The number of hydrogen-bond donors (Lipinski definition) is 0. The largest absolute Gasteiger partial charge is 0.490 e. The van der Waals surface area contributed by atoms with E-state index in [-0.39, 0.29) is 0 Å². The number of benzene rings is 6. The van der Waals surface area contributed by atoms with E-state index in [1.807, 2.05) is 0 Å². The minimum atomic E-state index is 0.756. The lowest BCUT2D eigenvalue weighted by Gasteiger charge is -2.16. The van der Waals surface area contributed by atoms with E-state index < -0.39 is 0 Å². The molecule has 0 aromatic heterocycles. The molecule has 0 saturated heterocycles.